The zero-order valence-electron chi connectivity index (χ0n) is 18.3. The number of rotatable bonds is 7. The minimum atomic E-state index is -0.578. The molecule has 1 saturated heterocycles. The lowest BCUT2D eigenvalue weighted by molar-refractivity contribution is -0.132. The van der Waals surface area contributed by atoms with E-state index < -0.39 is 6.67 Å². The van der Waals surface area contributed by atoms with Crippen molar-refractivity contribution in [1.29, 1.82) is 0 Å². The molecule has 1 aliphatic rings. The van der Waals surface area contributed by atoms with E-state index >= 15 is 0 Å². The molecule has 4 aromatic rings. The second-order valence-electron chi connectivity index (χ2n) is 7.84. The fourth-order valence-corrected chi connectivity index (χ4v) is 4.25. The van der Waals surface area contributed by atoms with Crippen LogP contribution in [0.1, 0.15) is 0 Å². The Kier molecular flexibility index (Phi) is 6.31. The number of nitrogens with zero attached hydrogens (tertiary/aromatic N) is 6. The summed E-state index contributed by atoms with van der Waals surface area (Å²) >= 11 is 6.15. The second-order valence-corrected chi connectivity index (χ2v) is 8.25. The zero-order valence-corrected chi connectivity index (χ0v) is 19.1. The monoisotopic (exact) mass is 483 g/mol. The summed E-state index contributed by atoms with van der Waals surface area (Å²) in [5.74, 6) is 1.07. The van der Waals surface area contributed by atoms with E-state index in [1.165, 1.54) is 0 Å². The Morgan fingerprint density at radius 2 is 2.00 bits per heavy atom. The zero-order chi connectivity index (χ0) is 23.5. The molecule has 5 rings (SSSR count). The molecule has 0 bridgehead atoms. The number of benzene rings is 1. The first-order chi connectivity index (χ1) is 16.6. The predicted octanol–water partition coefficient (Wildman–Crippen LogP) is 3.17. The normalized spacial score (nSPS) is 14.1. The summed E-state index contributed by atoms with van der Waals surface area (Å²) in [6.07, 6.45) is 5.09. The predicted molar refractivity (Wildman–Crippen MR) is 127 cm³/mol. The van der Waals surface area contributed by atoms with Crippen molar-refractivity contribution in [2.45, 2.75) is 6.54 Å². The summed E-state index contributed by atoms with van der Waals surface area (Å²) in [4.78, 5) is 28.9. The molecule has 176 valence electrons. The van der Waals surface area contributed by atoms with E-state index in [0.717, 1.165) is 11.1 Å². The number of amides is 1. The van der Waals surface area contributed by atoms with Crippen LogP contribution >= 0.6 is 11.6 Å². The first kappa shape index (κ1) is 22.1. The van der Waals surface area contributed by atoms with E-state index in [2.05, 4.69) is 25.0 Å². The van der Waals surface area contributed by atoms with Gasteiger partial charge in [-0.3, -0.25) is 4.79 Å². The number of piperazine rings is 1. The van der Waals surface area contributed by atoms with Gasteiger partial charge in [-0.15, -0.1) is 0 Å². The van der Waals surface area contributed by atoms with Gasteiger partial charge in [0, 0.05) is 56.5 Å². The van der Waals surface area contributed by atoms with Crippen LogP contribution in [0.5, 0.6) is 5.75 Å². The third kappa shape index (κ3) is 4.41. The smallest absolute Gasteiger partial charge is 0.244 e. The molecule has 1 fully saturated rings. The van der Waals surface area contributed by atoms with Crippen molar-refractivity contribution in [2.75, 3.05) is 44.4 Å². The highest BCUT2D eigenvalue weighted by molar-refractivity contribution is 6.32. The lowest BCUT2D eigenvalue weighted by Gasteiger charge is -2.36. The van der Waals surface area contributed by atoms with E-state index in [0.29, 0.717) is 54.1 Å². The van der Waals surface area contributed by atoms with Crippen LogP contribution in [0.15, 0.2) is 48.9 Å². The maximum atomic E-state index is 13.1. The first-order valence-electron chi connectivity index (χ1n) is 11.0. The molecular weight excluding hydrogens is 461 g/mol. The number of alkyl halides is 1. The van der Waals surface area contributed by atoms with Gasteiger partial charge >= 0.3 is 0 Å². The minimum absolute atomic E-state index is 0.0243. The number of halogens is 2. The Morgan fingerprint density at radius 3 is 2.76 bits per heavy atom. The molecule has 1 aromatic carbocycles. The van der Waals surface area contributed by atoms with Crippen molar-refractivity contribution in [2.24, 2.45) is 0 Å². The largest absolute Gasteiger partial charge is 0.489 e. The molecule has 34 heavy (non-hydrogen) atoms. The van der Waals surface area contributed by atoms with Crippen molar-refractivity contribution in [3.63, 3.8) is 0 Å². The van der Waals surface area contributed by atoms with Crippen LogP contribution in [0.3, 0.4) is 0 Å². The van der Waals surface area contributed by atoms with Gasteiger partial charge in [-0.2, -0.15) is 5.10 Å². The van der Waals surface area contributed by atoms with Crippen LogP contribution in [-0.4, -0.2) is 75.0 Å². The summed E-state index contributed by atoms with van der Waals surface area (Å²) in [6, 6.07) is 9.22. The summed E-state index contributed by atoms with van der Waals surface area (Å²) in [5, 5.41) is 5.90. The van der Waals surface area contributed by atoms with Gasteiger partial charge < -0.3 is 19.5 Å². The van der Waals surface area contributed by atoms with Gasteiger partial charge in [-0.1, -0.05) is 11.6 Å². The van der Waals surface area contributed by atoms with E-state index in [-0.39, 0.29) is 19.1 Å². The molecule has 0 saturated carbocycles. The molecule has 1 amide bonds. The number of nitrogens with one attached hydrogen (secondary N) is 1. The van der Waals surface area contributed by atoms with Crippen LogP contribution in [0, 0.1) is 0 Å². The number of carbonyl (C=O) groups excluding carboxylic acids is 1. The molecule has 9 nitrogen and oxygen atoms in total. The Bertz CT molecular complexity index is 1290. The van der Waals surface area contributed by atoms with Gasteiger partial charge in [-0.05, 0) is 24.3 Å². The molecule has 0 atom stereocenters. The first-order valence-corrected chi connectivity index (χ1v) is 11.3. The number of aromatic amines is 1. The Balaban J connectivity index is 1.26. The molecule has 1 N–H and O–H groups in total. The van der Waals surface area contributed by atoms with Crippen LogP contribution in [-0.2, 0) is 11.3 Å². The van der Waals surface area contributed by atoms with Gasteiger partial charge in [0.2, 0.25) is 5.91 Å². The highest BCUT2D eigenvalue weighted by Gasteiger charge is 2.24. The number of aromatic nitrogens is 5. The molecule has 0 radical (unpaired) electrons. The fraction of sp³-hybridized carbons (Fsp3) is 0.304. The third-order valence-electron chi connectivity index (χ3n) is 5.76. The van der Waals surface area contributed by atoms with Crippen LogP contribution in [0.4, 0.5) is 10.1 Å². The second kappa shape index (κ2) is 9.68. The number of imidazole rings is 1. The summed E-state index contributed by atoms with van der Waals surface area (Å²) in [5.41, 5.74) is 2.23. The van der Waals surface area contributed by atoms with Gasteiger partial charge in [0.1, 0.15) is 31.3 Å². The van der Waals surface area contributed by atoms with Crippen molar-refractivity contribution < 1.29 is 13.9 Å². The number of hydrogen-bond acceptors (Lipinski definition) is 6. The number of ether oxygens (including phenoxy) is 1. The van der Waals surface area contributed by atoms with Crippen molar-refractivity contribution in [3.8, 4) is 17.3 Å². The van der Waals surface area contributed by atoms with Gasteiger partial charge in [0.25, 0.3) is 0 Å². The topological polar surface area (TPSA) is 92.2 Å². The average Bonchev–Trinajstić information content (AvgIpc) is 3.52. The van der Waals surface area contributed by atoms with E-state index in [1.54, 1.807) is 29.3 Å². The quantitative estimate of drug-likeness (QED) is 0.434. The number of carbonyl (C=O) groups is 1. The highest BCUT2D eigenvalue weighted by Crippen LogP contribution is 2.30. The molecule has 1 aliphatic heterocycles. The van der Waals surface area contributed by atoms with Crippen LogP contribution in [0.2, 0.25) is 5.02 Å². The van der Waals surface area contributed by atoms with E-state index in [1.807, 2.05) is 29.2 Å². The molecule has 0 unspecified atom stereocenters. The van der Waals surface area contributed by atoms with Crippen LogP contribution < -0.4 is 9.64 Å². The molecule has 0 spiro atoms. The van der Waals surface area contributed by atoms with Gasteiger partial charge in [0.15, 0.2) is 11.5 Å². The number of hydrogen-bond donors (Lipinski definition) is 1. The minimum Gasteiger partial charge on any atom is -0.489 e. The Labute approximate surface area is 200 Å². The maximum Gasteiger partial charge on any atom is 0.244 e. The summed E-state index contributed by atoms with van der Waals surface area (Å²) in [7, 11) is 0. The SMILES string of the molecule is O=C(Cn1nc(-c2ncc[nH]2)c2cccnc21)N1CCN(c2ccc(Cl)c(OCCF)c2)CC1. The molecule has 11 heteroatoms. The number of pyridine rings is 1. The van der Waals surface area contributed by atoms with Crippen molar-refractivity contribution in [1.82, 2.24) is 29.6 Å². The van der Waals surface area contributed by atoms with E-state index in [4.69, 9.17) is 16.3 Å². The van der Waals surface area contributed by atoms with Crippen LogP contribution in [0.25, 0.3) is 22.6 Å². The average molecular weight is 484 g/mol. The molecule has 0 aliphatic carbocycles. The van der Waals surface area contributed by atoms with Crippen molar-refractivity contribution in [3.05, 3.63) is 53.9 Å². The molecule has 3 aromatic heterocycles. The van der Waals surface area contributed by atoms with E-state index in [9.17, 15) is 9.18 Å². The number of fused-ring (bicyclic) bond motifs is 1. The lowest BCUT2D eigenvalue weighted by atomic mass is 10.2. The number of anilines is 1. The summed E-state index contributed by atoms with van der Waals surface area (Å²) in [6.45, 7) is 1.93. The Morgan fingerprint density at radius 1 is 1.15 bits per heavy atom. The lowest BCUT2D eigenvalue weighted by Crippen LogP contribution is -2.49. The molecule has 4 heterocycles. The van der Waals surface area contributed by atoms with Gasteiger partial charge in [-0.25, -0.2) is 19.0 Å². The third-order valence-corrected chi connectivity index (χ3v) is 6.07. The molecular formula is C23H23ClFN7O2. The Hall–Kier alpha value is -3.66. The number of H-pyrrole nitrogens is 1. The maximum absolute atomic E-state index is 13.1. The van der Waals surface area contributed by atoms with Gasteiger partial charge in [0.05, 0.1) is 10.4 Å². The standard InChI is InChI=1S/C23H23ClFN7O2/c24-18-4-3-16(14-19(18)34-13-5-25)30-9-11-31(12-10-30)20(33)15-32-23-17(2-1-6-28-23)21(29-32)22-26-7-8-27-22/h1-4,6-8,14H,5,9-13,15H2,(H,26,27). The fourth-order valence-electron chi connectivity index (χ4n) is 4.08. The highest BCUT2D eigenvalue weighted by atomic mass is 35.5. The summed E-state index contributed by atoms with van der Waals surface area (Å²) < 4.78 is 19.5. The van der Waals surface area contributed by atoms with Crippen molar-refractivity contribution >= 4 is 34.2 Å².